The average Bonchev–Trinajstić information content (AvgIpc) is 3.00. The molecule has 2 aromatic carbocycles. The normalized spacial score (nSPS) is 14.5. The van der Waals surface area contributed by atoms with Crippen LogP contribution in [0.15, 0.2) is 65.2 Å². The second-order valence-electron chi connectivity index (χ2n) is 7.00. The second-order valence-corrected chi connectivity index (χ2v) is 7.00. The molecular formula is C22H21NO. The zero-order valence-corrected chi connectivity index (χ0v) is 14.1. The third-order valence-corrected chi connectivity index (χ3v) is 3.89. The van der Waals surface area contributed by atoms with E-state index in [0.29, 0.717) is 11.3 Å². The van der Waals surface area contributed by atoms with Crippen LogP contribution in [0, 0.1) is 5.41 Å². The van der Waals surface area contributed by atoms with Crippen molar-refractivity contribution in [3.8, 4) is 11.3 Å². The smallest absolute Gasteiger partial charge is 0.144 e. The summed E-state index contributed by atoms with van der Waals surface area (Å²) >= 11 is 0. The number of fused-ring (bicyclic) bond motifs is 3. The lowest BCUT2D eigenvalue weighted by Gasteiger charge is -2.18. The summed E-state index contributed by atoms with van der Waals surface area (Å²) in [6, 6.07) is 15.6. The molecule has 0 aliphatic carbocycles. The van der Waals surface area contributed by atoms with Gasteiger partial charge in [0.25, 0.3) is 0 Å². The second kappa shape index (κ2) is 5.48. The molecule has 0 aliphatic rings. The van der Waals surface area contributed by atoms with Gasteiger partial charge in [-0.05, 0) is 41.6 Å². The van der Waals surface area contributed by atoms with E-state index < -0.39 is 11.8 Å². The van der Waals surface area contributed by atoms with Crippen LogP contribution in [0.1, 0.15) is 30.4 Å². The summed E-state index contributed by atoms with van der Waals surface area (Å²) in [5.41, 5.74) is 2.64. The Morgan fingerprint density at radius 2 is 1.88 bits per heavy atom. The first kappa shape index (κ1) is 11.9. The fourth-order valence-electron chi connectivity index (χ4n) is 2.96. The van der Waals surface area contributed by atoms with E-state index in [1.54, 1.807) is 6.07 Å². The van der Waals surface area contributed by atoms with Gasteiger partial charge in [-0.2, -0.15) is 0 Å². The van der Waals surface area contributed by atoms with E-state index in [1.807, 2.05) is 63.2 Å². The Labute approximate surface area is 146 Å². The number of hydrogen-bond donors (Lipinski definition) is 0. The third kappa shape index (κ3) is 2.69. The van der Waals surface area contributed by atoms with Crippen molar-refractivity contribution in [1.29, 1.82) is 0 Å². The number of furan rings is 1. The summed E-state index contributed by atoms with van der Waals surface area (Å²) in [4.78, 5) is 4.41. The molecular weight excluding hydrogens is 294 g/mol. The maximum absolute atomic E-state index is 8.56. The van der Waals surface area contributed by atoms with Crippen LogP contribution in [0.3, 0.4) is 0 Å². The van der Waals surface area contributed by atoms with Crippen LogP contribution in [0.2, 0.25) is 0 Å². The van der Waals surface area contributed by atoms with Crippen LogP contribution in [0.5, 0.6) is 0 Å². The summed E-state index contributed by atoms with van der Waals surface area (Å²) in [7, 11) is 0. The SMILES string of the molecule is [2H]c1cnc(-c2cccc3c2oc2ccccc23)cc1C([2H])([2H])C(C)(C)C. The van der Waals surface area contributed by atoms with Gasteiger partial charge in [0.2, 0.25) is 0 Å². The van der Waals surface area contributed by atoms with Gasteiger partial charge in [-0.1, -0.05) is 51.1 Å². The minimum absolute atomic E-state index is 0.107. The van der Waals surface area contributed by atoms with Crippen LogP contribution >= 0.6 is 0 Å². The fraction of sp³-hybridized carbons (Fsp3) is 0.227. The van der Waals surface area contributed by atoms with Crippen LogP contribution in [-0.4, -0.2) is 4.98 Å². The van der Waals surface area contributed by atoms with Crippen LogP contribution in [0.25, 0.3) is 33.2 Å². The van der Waals surface area contributed by atoms with Gasteiger partial charge in [-0.15, -0.1) is 0 Å². The number of para-hydroxylation sites is 2. The first-order valence-corrected chi connectivity index (χ1v) is 8.08. The Bertz CT molecular complexity index is 1160. The number of benzene rings is 2. The maximum Gasteiger partial charge on any atom is 0.144 e. The molecule has 2 nitrogen and oxygen atoms in total. The lowest BCUT2D eigenvalue weighted by Crippen LogP contribution is -2.09. The quantitative estimate of drug-likeness (QED) is 0.437. The van der Waals surface area contributed by atoms with E-state index in [9.17, 15) is 0 Å². The monoisotopic (exact) mass is 318 g/mol. The van der Waals surface area contributed by atoms with Crippen LogP contribution in [-0.2, 0) is 6.37 Å². The Balaban J connectivity index is 1.96. The molecule has 0 unspecified atom stereocenters. The molecule has 0 saturated heterocycles. The van der Waals surface area contributed by atoms with Crippen molar-refractivity contribution in [2.75, 3.05) is 0 Å². The molecule has 0 amide bonds. The maximum atomic E-state index is 8.56. The highest BCUT2D eigenvalue weighted by molar-refractivity contribution is 6.09. The van der Waals surface area contributed by atoms with Gasteiger partial charge in [-0.3, -0.25) is 4.98 Å². The predicted molar refractivity (Wildman–Crippen MR) is 100 cm³/mol. The minimum atomic E-state index is -1.66. The average molecular weight is 318 g/mol. The summed E-state index contributed by atoms with van der Waals surface area (Å²) in [5, 5.41) is 2.04. The van der Waals surface area contributed by atoms with Gasteiger partial charge in [-0.25, -0.2) is 0 Å². The van der Waals surface area contributed by atoms with Gasteiger partial charge in [0.1, 0.15) is 11.2 Å². The first-order chi connectivity index (χ1) is 12.7. The van der Waals surface area contributed by atoms with E-state index in [0.717, 1.165) is 27.5 Å². The Kier molecular flexibility index (Phi) is 2.71. The van der Waals surface area contributed by atoms with Crippen molar-refractivity contribution < 1.29 is 8.53 Å². The van der Waals surface area contributed by atoms with Gasteiger partial charge < -0.3 is 4.42 Å². The summed E-state index contributed by atoms with van der Waals surface area (Å²) in [6.45, 7) is 5.52. The highest BCUT2D eigenvalue weighted by atomic mass is 16.3. The van der Waals surface area contributed by atoms with Crippen molar-refractivity contribution in [3.05, 3.63) is 66.3 Å². The van der Waals surface area contributed by atoms with E-state index in [1.165, 1.54) is 6.20 Å². The molecule has 0 radical (unpaired) electrons. The molecule has 0 spiro atoms. The summed E-state index contributed by atoms with van der Waals surface area (Å²) < 4.78 is 31.4. The summed E-state index contributed by atoms with van der Waals surface area (Å²) in [6.07, 6.45) is -0.237. The standard InChI is InChI=1S/C22H21NO/c1-22(2,3)14-15-11-12-23-19(13-15)18-9-6-8-17-16-7-4-5-10-20(16)24-21(17)18/h4-13H,14H2,1-3H3/i11D,14D2. The van der Waals surface area contributed by atoms with Gasteiger partial charge >= 0.3 is 0 Å². The molecule has 0 bridgehead atoms. The molecule has 2 heteroatoms. The zero-order chi connectivity index (χ0) is 19.4. The molecule has 24 heavy (non-hydrogen) atoms. The molecule has 0 N–H and O–H groups in total. The molecule has 2 heterocycles. The number of aromatic nitrogens is 1. The van der Waals surface area contributed by atoms with Crippen LogP contribution < -0.4 is 0 Å². The van der Waals surface area contributed by atoms with E-state index >= 15 is 0 Å². The zero-order valence-electron chi connectivity index (χ0n) is 17.1. The fourth-order valence-corrected chi connectivity index (χ4v) is 2.96. The minimum Gasteiger partial charge on any atom is -0.455 e. The number of rotatable bonds is 2. The lowest BCUT2D eigenvalue weighted by atomic mass is 9.88. The van der Waals surface area contributed by atoms with Crippen molar-refractivity contribution in [1.82, 2.24) is 4.98 Å². The molecule has 0 fully saturated rings. The number of pyridine rings is 1. The Morgan fingerprint density at radius 1 is 1.08 bits per heavy atom. The highest BCUT2D eigenvalue weighted by Crippen LogP contribution is 2.35. The van der Waals surface area contributed by atoms with Gasteiger partial charge in [0.05, 0.1) is 7.06 Å². The highest BCUT2D eigenvalue weighted by Gasteiger charge is 2.15. The lowest BCUT2D eigenvalue weighted by molar-refractivity contribution is 0.411. The molecule has 0 saturated carbocycles. The molecule has 0 aliphatic heterocycles. The molecule has 2 aromatic heterocycles. The molecule has 4 rings (SSSR count). The topological polar surface area (TPSA) is 26.0 Å². The number of hydrogen-bond acceptors (Lipinski definition) is 2. The van der Waals surface area contributed by atoms with E-state index in [2.05, 4.69) is 4.98 Å². The number of nitrogens with zero attached hydrogens (tertiary/aromatic N) is 1. The van der Waals surface area contributed by atoms with Crippen molar-refractivity contribution in [2.24, 2.45) is 5.41 Å². The first-order valence-electron chi connectivity index (χ1n) is 9.58. The van der Waals surface area contributed by atoms with Crippen molar-refractivity contribution in [2.45, 2.75) is 27.1 Å². The largest absolute Gasteiger partial charge is 0.455 e. The van der Waals surface area contributed by atoms with Gasteiger partial charge in [0.15, 0.2) is 0 Å². The molecule has 0 atom stereocenters. The van der Waals surface area contributed by atoms with Gasteiger partial charge in [0, 0.05) is 25.3 Å². The van der Waals surface area contributed by atoms with Crippen LogP contribution in [0.4, 0.5) is 0 Å². The van der Waals surface area contributed by atoms with E-state index in [-0.39, 0.29) is 6.04 Å². The summed E-state index contributed by atoms with van der Waals surface area (Å²) in [5.74, 6) is 0. The Morgan fingerprint density at radius 3 is 2.71 bits per heavy atom. The van der Waals surface area contributed by atoms with E-state index in [4.69, 9.17) is 8.53 Å². The molecule has 4 aromatic rings. The third-order valence-electron chi connectivity index (χ3n) is 3.89. The van der Waals surface area contributed by atoms with Crippen molar-refractivity contribution in [3.63, 3.8) is 0 Å². The Hall–Kier alpha value is -2.61. The van der Waals surface area contributed by atoms with Crippen molar-refractivity contribution >= 4 is 21.9 Å². The predicted octanol–water partition coefficient (Wildman–Crippen LogP) is 6.24. The molecule has 120 valence electrons.